The molecule has 66 valence electrons. The molecule has 1 aromatic carbocycles. The van der Waals surface area contributed by atoms with E-state index in [-0.39, 0.29) is 0 Å². The Morgan fingerprint density at radius 3 is 3.00 bits per heavy atom. The van der Waals surface area contributed by atoms with Crippen molar-refractivity contribution in [3.63, 3.8) is 0 Å². The van der Waals surface area contributed by atoms with Crippen molar-refractivity contribution >= 4 is 22.7 Å². The molecule has 0 fully saturated rings. The van der Waals surface area contributed by atoms with Crippen LogP contribution in [0.15, 0.2) is 42.5 Å². The van der Waals surface area contributed by atoms with Crippen molar-refractivity contribution in [2.75, 3.05) is 0 Å². The maximum Gasteiger partial charge on any atom is 0.0543 e. The standard InChI is InChI=1S/C13H9N/c1-2-6-10-11-7-4-5-9-13(11)14-12(10)8-3-1/h1-5,7-9,14H. The van der Waals surface area contributed by atoms with Crippen LogP contribution in [-0.2, 0) is 0 Å². The van der Waals surface area contributed by atoms with Crippen LogP contribution in [0.2, 0.25) is 0 Å². The molecule has 0 saturated heterocycles. The van der Waals surface area contributed by atoms with Crippen molar-refractivity contribution in [1.29, 1.82) is 0 Å². The number of allylic oxidation sites excluding steroid dienone is 3. The largest absolute Gasteiger partial charge is 0.354 e. The van der Waals surface area contributed by atoms with Crippen molar-refractivity contribution in [3.8, 4) is 0 Å². The second-order valence-corrected chi connectivity index (χ2v) is 3.32. The van der Waals surface area contributed by atoms with Crippen LogP contribution < -0.4 is 10.6 Å². The first-order chi connectivity index (χ1) is 6.95. The van der Waals surface area contributed by atoms with Gasteiger partial charge in [-0.25, -0.2) is 0 Å². The number of aromatic amines is 1. The highest BCUT2D eigenvalue weighted by Gasteiger charge is 1.97. The monoisotopic (exact) mass is 179 g/mol. The summed E-state index contributed by atoms with van der Waals surface area (Å²) >= 11 is 0. The molecule has 1 N–H and O–H groups in total. The number of nitrogens with one attached hydrogen (secondary N) is 1. The molecule has 0 aliphatic heterocycles. The number of H-pyrrole nitrogens is 1. The zero-order chi connectivity index (χ0) is 9.38. The Morgan fingerprint density at radius 1 is 1.07 bits per heavy atom. The average molecular weight is 179 g/mol. The maximum absolute atomic E-state index is 3.37. The van der Waals surface area contributed by atoms with Crippen molar-refractivity contribution in [2.24, 2.45) is 0 Å². The van der Waals surface area contributed by atoms with E-state index >= 15 is 0 Å². The second kappa shape index (κ2) is 2.76. The molecule has 0 atom stereocenters. The first kappa shape index (κ1) is 7.43. The van der Waals surface area contributed by atoms with E-state index in [4.69, 9.17) is 0 Å². The Bertz CT molecular complexity index is 665. The van der Waals surface area contributed by atoms with E-state index in [1.54, 1.807) is 0 Å². The van der Waals surface area contributed by atoms with E-state index in [9.17, 15) is 0 Å². The SMILES string of the molecule is C1=CC=CC=c2[nH]c3ccccc3c2=1. The topological polar surface area (TPSA) is 15.8 Å². The van der Waals surface area contributed by atoms with E-state index in [1.165, 1.54) is 10.9 Å². The molecule has 0 saturated carbocycles. The maximum atomic E-state index is 3.37. The molecule has 2 aromatic rings. The van der Waals surface area contributed by atoms with Gasteiger partial charge in [-0.05, 0) is 18.2 Å². The Hall–Kier alpha value is -1.98. The highest BCUT2D eigenvalue weighted by molar-refractivity contribution is 5.81. The lowest BCUT2D eigenvalue weighted by atomic mass is 10.2. The number of fused-ring (bicyclic) bond motifs is 3. The van der Waals surface area contributed by atoms with Crippen LogP contribution in [0.5, 0.6) is 0 Å². The fraction of sp³-hybridized carbons (Fsp3) is 0. The summed E-state index contributed by atoms with van der Waals surface area (Å²) in [6.07, 6.45) is 8.03. The predicted molar refractivity (Wildman–Crippen MR) is 59.1 cm³/mol. The van der Waals surface area contributed by atoms with Gasteiger partial charge in [0.15, 0.2) is 0 Å². The van der Waals surface area contributed by atoms with Crippen molar-refractivity contribution in [1.82, 2.24) is 4.98 Å². The van der Waals surface area contributed by atoms with Crippen LogP contribution >= 0.6 is 0 Å². The molecule has 1 aliphatic carbocycles. The fourth-order valence-electron chi connectivity index (χ4n) is 1.78. The van der Waals surface area contributed by atoms with Crippen LogP contribution in [0.3, 0.4) is 0 Å². The number of aromatic nitrogens is 1. The van der Waals surface area contributed by atoms with Gasteiger partial charge in [-0.2, -0.15) is 0 Å². The minimum Gasteiger partial charge on any atom is -0.354 e. The summed E-state index contributed by atoms with van der Waals surface area (Å²) in [6.45, 7) is 0. The Balaban J connectivity index is 2.69. The smallest absolute Gasteiger partial charge is 0.0543 e. The molecule has 3 rings (SSSR count). The van der Waals surface area contributed by atoms with E-state index in [0.717, 1.165) is 10.6 Å². The summed E-state index contributed by atoms with van der Waals surface area (Å²) in [7, 11) is 0. The molecule has 1 nitrogen and oxygen atoms in total. The van der Waals surface area contributed by atoms with Crippen LogP contribution in [0.1, 0.15) is 0 Å². The highest BCUT2D eigenvalue weighted by atomic mass is 14.7. The summed E-state index contributed by atoms with van der Waals surface area (Å²) in [5.41, 5.74) is 4.45. The quantitative estimate of drug-likeness (QED) is 0.630. The summed E-state index contributed by atoms with van der Waals surface area (Å²) in [5, 5.41) is 3.53. The number of rotatable bonds is 0. The summed E-state index contributed by atoms with van der Waals surface area (Å²) in [4.78, 5) is 3.37. The molecule has 1 aromatic heterocycles. The van der Waals surface area contributed by atoms with Crippen LogP contribution in [0, 0.1) is 0 Å². The van der Waals surface area contributed by atoms with E-state index < -0.39 is 0 Å². The van der Waals surface area contributed by atoms with E-state index in [1.807, 2.05) is 24.3 Å². The number of hydrogen-bond acceptors (Lipinski definition) is 0. The minimum atomic E-state index is 1.14. The lowest BCUT2D eigenvalue weighted by Gasteiger charge is -1.84. The first-order valence-electron chi connectivity index (χ1n) is 4.65. The van der Waals surface area contributed by atoms with Gasteiger partial charge in [-0.1, -0.05) is 30.4 Å². The molecule has 0 unspecified atom stereocenters. The lowest BCUT2D eigenvalue weighted by molar-refractivity contribution is 1.36. The Morgan fingerprint density at radius 2 is 2.00 bits per heavy atom. The summed E-state index contributed by atoms with van der Waals surface area (Å²) < 4.78 is 0. The van der Waals surface area contributed by atoms with Crippen LogP contribution in [0.25, 0.3) is 22.7 Å². The van der Waals surface area contributed by atoms with Crippen LogP contribution in [-0.4, -0.2) is 4.98 Å². The molecule has 0 radical (unpaired) electrons. The van der Waals surface area contributed by atoms with E-state index in [0.29, 0.717) is 0 Å². The third-order valence-electron chi connectivity index (χ3n) is 2.43. The third kappa shape index (κ3) is 0.968. The highest BCUT2D eigenvalue weighted by Crippen LogP contribution is 2.03. The molecular formula is C13H9N. The second-order valence-electron chi connectivity index (χ2n) is 3.32. The Kier molecular flexibility index (Phi) is 1.46. The normalized spacial score (nSPS) is 13.1. The van der Waals surface area contributed by atoms with E-state index in [2.05, 4.69) is 35.0 Å². The van der Waals surface area contributed by atoms with Crippen molar-refractivity contribution < 1.29 is 0 Å². The molecule has 0 amide bonds. The van der Waals surface area contributed by atoms with Gasteiger partial charge >= 0.3 is 0 Å². The summed E-state index contributed by atoms with van der Waals surface area (Å²) in [5.74, 6) is 0. The number of hydrogen-bond donors (Lipinski definition) is 1. The predicted octanol–water partition coefficient (Wildman–Crippen LogP) is 1.45. The fourth-order valence-corrected chi connectivity index (χ4v) is 1.78. The van der Waals surface area contributed by atoms with Crippen molar-refractivity contribution in [2.45, 2.75) is 0 Å². The zero-order valence-corrected chi connectivity index (χ0v) is 7.62. The minimum absolute atomic E-state index is 1.14. The summed E-state index contributed by atoms with van der Waals surface area (Å²) in [6, 6.07) is 8.29. The molecule has 1 aliphatic rings. The Labute approximate surface area is 81.4 Å². The number of benzene rings is 1. The molecule has 0 spiro atoms. The van der Waals surface area contributed by atoms with Crippen molar-refractivity contribution in [3.05, 3.63) is 53.1 Å². The van der Waals surface area contributed by atoms with Gasteiger partial charge in [-0.3, -0.25) is 0 Å². The third-order valence-corrected chi connectivity index (χ3v) is 2.43. The van der Waals surface area contributed by atoms with Gasteiger partial charge in [-0.15, -0.1) is 5.73 Å². The molecule has 14 heavy (non-hydrogen) atoms. The average Bonchev–Trinajstić information content (AvgIpc) is 2.42. The molecule has 1 heterocycles. The van der Waals surface area contributed by atoms with Gasteiger partial charge in [0.25, 0.3) is 0 Å². The first-order valence-corrected chi connectivity index (χ1v) is 4.65. The number of para-hydroxylation sites is 1. The van der Waals surface area contributed by atoms with Gasteiger partial charge in [0.1, 0.15) is 0 Å². The molecule has 1 heteroatoms. The molecule has 0 bridgehead atoms. The van der Waals surface area contributed by atoms with Gasteiger partial charge < -0.3 is 4.98 Å². The van der Waals surface area contributed by atoms with Gasteiger partial charge in [0, 0.05) is 16.1 Å². The molecular weight excluding hydrogens is 170 g/mol. The van der Waals surface area contributed by atoms with Gasteiger partial charge in [0.2, 0.25) is 0 Å². The zero-order valence-electron chi connectivity index (χ0n) is 7.62. The van der Waals surface area contributed by atoms with Crippen LogP contribution in [0.4, 0.5) is 0 Å². The lowest BCUT2D eigenvalue weighted by Crippen LogP contribution is -2.20. The van der Waals surface area contributed by atoms with Gasteiger partial charge in [0.05, 0.1) is 5.35 Å².